The van der Waals surface area contributed by atoms with Gasteiger partial charge in [-0.3, -0.25) is 9.59 Å². The third-order valence-corrected chi connectivity index (χ3v) is 6.45. The van der Waals surface area contributed by atoms with Gasteiger partial charge in [-0.2, -0.15) is 26.3 Å². The van der Waals surface area contributed by atoms with Crippen LogP contribution in [0.1, 0.15) is 44.4 Å². The molecular weight excluding hydrogens is 556 g/mol. The van der Waals surface area contributed by atoms with Crippen LogP contribution in [0.15, 0.2) is 36.4 Å². The lowest BCUT2D eigenvalue weighted by molar-refractivity contribution is -0.142. The summed E-state index contributed by atoms with van der Waals surface area (Å²) in [5.74, 6) is -5.44. The molecule has 0 spiro atoms. The third-order valence-electron chi connectivity index (χ3n) is 4.93. The number of hydrogen-bond donors (Lipinski definition) is 1. The number of sulfone groups is 1. The van der Waals surface area contributed by atoms with E-state index in [1.54, 1.807) is 20.8 Å². The maximum absolute atomic E-state index is 13.5. The molecule has 0 unspecified atom stereocenters. The van der Waals surface area contributed by atoms with Crippen LogP contribution in [0.25, 0.3) is 0 Å². The lowest BCUT2D eigenvalue weighted by Gasteiger charge is -2.19. The van der Waals surface area contributed by atoms with Gasteiger partial charge in [-0.15, -0.1) is 0 Å². The largest absolute Gasteiger partial charge is 0.466 e. The van der Waals surface area contributed by atoms with Gasteiger partial charge in [0.2, 0.25) is 5.91 Å². The van der Waals surface area contributed by atoms with Crippen LogP contribution >= 0.6 is 0 Å². The first-order chi connectivity index (χ1) is 17.7. The molecule has 0 aliphatic carbocycles. The second-order valence-corrected chi connectivity index (χ2v) is 11.7. The SMILES string of the molecule is CCOC(=O)Cc1cc(Oc2ccc(NC(=O)C(C)(C)C)cc2CS(=O)(=O)CC(F)(F)F)cc(C(F)(F)F)c1. The summed E-state index contributed by atoms with van der Waals surface area (Å²) < 4.78 is 114. The molecule has 0 atom stereocenters. The molecule has 0 aliphatic rings. The first kappa shape index (κ1) is 31.9. The molecule has 14 heteroatoms. The van der Waals surface area contributed by atoms with Crippen LogP contribution < -0.4 is 10.1 Å². The van der Waals surface area contributed by atoms with E-state index in [0.717, 1.165) is 18.2 Å². The molecule has 2 rings (SSSR count). The van der Waals surface area contributed by atoms with Crippen LogP contribution in [0.3, 0.4) is 0 Å². The molecule has 0 fully saturated rings. The Morgan fingerprint density at radius 3 is 2.13 bits per heavy atom. The van der Waals surface area contributed by atoms with E-state index < -0.39 is 68.7 Å². The van der Waals surface area contributed by atoms with E-state index in [2.05, 4.69) is 5.32 Å². The van der Waals surface area contributed by atoms with Crippen LogP contribution in [0, 0.1) is 5.41 Å². The molecular formula is C25H27F6NO6S. The maximum atomic E-state index is 13.5. The minimum atomic E-state index is -5.04. The van der Waals surface area contributed by atoms with Gasteiger partial charge >= 0.3 is 18.3 Å². The fraction of sp³-hybridized carbons (Fsp3) is 0.440. The summed E-state index contributed by atoms with van der Waals surface area (Å²) in [5, 5.41) is 2.51. The number of amides is 1. The van der Waals surface area contributed by atoms with Crippen molar-refractivity contribution in [2.75, 3.05) is 17.7 Å². The van der Waals surface area contributed by atoms with Gasteiger partial charge in [-0.25, -0.2) is 8.42 Å². The molecule has 216 valence electrons. The average Bonchev–Trinajstić information content (AvgIpc) is 2.72. The number of anilines is 1. The monoisotopic (exact) mass is 583 g/mol. The van der Waals surface area contributed by atoms with Crippen LogP contribution in [0.4, 0.5) is 32.0 Å². The first-order valence-electron chi connectivity index (χ1n) is 11.4. The summed E-state index contributed by atoms with van der Waals surface area (Å²) in [6.45, 7) is 6.29. The number of benzene rings is 2. The number of alkyl halides is 6. The summed E-state index contributed by atoms with van der Waals surface area (Å²) in [5.41, 5.74) is -2.48. The van der Waals surface area contributed by atoms with Crippen molar-refractivity contribution in [3.05, 3.63) is 53.1 Å². The highest BCUT2D eigenvalue weighted by atomic mass is 32.2. The molecule has 0 heterocycles. The number of hydrogen-bond acceptors (Lipinski definition) is 6. The molecule has 7 nitrogen and oxygen atoms in total. The zero-order valence-corrected chi connectivity index (χ0v) is 22.2. The van der Waals surface area contributed by atoms with Gasteiger partial charge in [0, 0.05) is 16.7 Å². The molecule has 0 saturated carbocycles. The van der Waals surface area contributed by atoms with Crippen molar-refractivity contribution in [2.24, 2.45) is 5.41 Å². The Bertz CT molecular complexity index is 1310. The van der Waals surface area contributed by atoms with Crippen molar-refractivity contribution in [3.8, 4) is 11.5 Å². The van der Waals surface area contributed by atoms with Crippen molar-refractivity contribution >= 4 is 27.4 Å². The summed E-state index contributed by atoms with van der Waals surface area (Å²) in [7, 11) is -4.80. The fourth-order valence-electron chi connectivity index (χ4n) is 3.22. The molecule has 1 amide bonds. The highest BCUT2D eigenvalue weighted by Gasteiger charge is 2.36. The Hall–Kier alpha value is -3.29. The van der Waals surface area contributed by atoms with Crippen LogP contribution in [-0.4, -0.2) is 38.8 Å². The van der Waals surface area contributed by atoms with Crippen molar-refractivity contribution in [1.82, 2.24) is 0 Å². The van der Waals surface area contributed by atoms with Crippen molar-refractivity contribution < 1.29 is 53.8 Å². The number of esters is 1. The quantitative estimate of drug-likeness (QED) is 0.285. The Morgan fingerprint density at radius 1 is 0.949 bits per heavy atom. The van der Waals surface area contributed by atoms with Crippen LogP contribution in [0.2, 0.25) is 0 Å². The Kier molecular flexibility index (Phi) is 9.69. The molecule has 1 N–H and O–H groups in total. The van der Waals surface area contributed by atoms with Gasteiger partial charge in [0.15, 0.2) is 9.84 Å². The van der Waals surface area contributed by atoms with Crippen molar-refractivity contribution in [1.29, 1.82) is 0 Å². The minimum absolute atomic E-state index is 0.00495. The first-order valence-corrected chi connectivity index (χ1v) is 13.3. The number of carbonyl (C=O) groups excluding carboxylic acids is 2. The lowest BCUT2D eigenvalue weighted by Crippen LogP contribution is -2.27. The van der Waals surface area contributed by atoms with Crippen molar-refractivity contribution in [2.45, 2.75) is 52.2 Å². The second kappa shape index (κ2) is 11.8. The summed E-state index contributed by atoms with van der Waals surface area (Å²) in [6, 6.07) is 5.84. The lowest BCUT2D eigenvalue weighted by atomic mass is 9.95. The fourth-order valence-corrected chi connectivity index (χ4v) is 4.52. The molecule has 0 radical (unpaired) electrons. The van der Waals surface area contributed by atoms with E-state index in [1.807, 2.05) is 0 Å². The van der Waals surface area contributed by atoms with Gasteiger partial charge in [-0.05, 0) is 48.9 Å². The molecule has 2 aromatic carbocycles. The zero-order chi connectivity index (χ0) is 29.8. The number of rotatable bonds is 9. The Morgan fingerprint density at radius 2 is 1.59 bits per heavy atom. The predicted molar refractivity (Wildman–Crippen MR) is 130 cm³/mol. The molecule has 39 heavy (non-hydrogen) atoms. The van der Waals surface area contributed by atoms with E-state index in [0.29, 0.717) is 12.1 Å². The molecule has 0 aliphatic heterocycles. The van der Waals surface area contributed by atoms with Gasteiger partial charge in [0.05, 0.1) is 24.3 Å². The standard InChI is InChI=1S/C25H27F6NO6S/c1-5-37-21(33)10-15-8-17(25(29,30)31)12-19(9-15)38-20-7-6-18(32-22(34)23(2,3)4)11-16(20)13-39(35,36)14-24(26,27)28/h6-9,11-12H,5,10,13-14H2,1-4H3,(H,32,34). The summed E-state index contributed by atoms with van der Waals surface area (Å²) in [6.07, 6.45) is -10.4. The van der Waals surface area contributed by atoms with Crippen molar-refractivity contribution in [3.63, 3.8) is 0 Å². The number of ether oxygens (including phenoxy) is 2. The number of nitrogens with one attached hydrogen (secondary N) is 1. The second-order valence-electron chi connectivity index (χ2n) is 9.62. The van der Waals surface area contributed by atoms with Gasteiger partial charge in [-0.1, -0.05) is 20.8 Å². The summed E-state index contributed by atoms with van der Waals surface area (Å²) in [4.78, 5) is 24.2. The Balaban J connectivity index is 2.56. The molecule has 2 aromatic rings. The van der Waals surface area contributed by atoms with E-state index in [-0.39, 0.29) is 29.2 Å². The summed E-state index contributed by atoms with van der Waals surface area (Å²) >= 11 is 0. The smallest absolute Gasteiger partial charge is 0.416 e. The number of halogens is 6. The highest BCUT2D eigenvalue weighted by molar-refractivity contribution is 7.90. The van der Waals surface area contributed by atoms with E-state index >= 15 is 0 Å². The maximum Gasteiger partial charge on any atom is 0.416 e. The predicted octanol–water partition coefficient (Wildman–Crippen LogP) is 6.07. The molecule has 0 aromatic heterocycles. The van der Waals surface area contributed by atoms with E-state index in [9.17, 15) is 44.3 Å². The van der Waals surface area contributed by atoms with Crippen LogP contribution in [0.5, 0.6) is 11.5 Å². The Labute approximate surface area is 221 Å². The van der Waals surface area contributed by atoms with Gasteiger partial charge in [0.1, 0.15) is 17.3 Å². The zero-order valence-electron chi connectivity index (χ0n) is 21.4. The third kappa shape index (κ3) is 10.4. The van der Waals surface area contributed by atoms with Crippen LogP contribution in [-0.2, 0) is 42.5 Å². The topological polar surface area (TPSA) is 98.8 Å². The minimum Gasteiger partial charge on any atom is -0.466 e. The number of carbonyl (C=O) groups is 2. The average molecular weight is 584 g/mol. The van der Waals surface area contributed by atoms with E-state index in [1.165, 1.54) is 13.0 Å². The highest BCUT2D eigenvalue weighted by Crippen LogP contribution is 2.36. The van der Waals surface area contributed by atoms with Gasteiger partial charge < -0.3 is 14.8 Å². The van der Waals surface area contributed by atoms with Gasteiger partial charge in [0.25, 0.3) is 0 Å². The normalized spacial score (nSPS) is 12.7. The molecule has 0 bridgehead atoms. The van der Waals surface area contributed by atoms with E-state index in [4.69, 9.17) is 9.47 Å². The molecule has 0 saturated heterocycles.